The van der Waals surface area contributed by atoms with Crippen molar-refractivity contribution >= 4 is 22.6 Å². The van der Waals surface area contributed by atoms with Crippen LogP contribution in [0.5, 0.6) is 0 Å². The van der Waals surface area contributed by atoms with E-state index in [-0.39, 0.29) is 11.5 Å². The number of aromatic nitrogens is 2. The number of rotatable bonds is 3. The Morgan fingerprint density at radius 3 is 2.50 bits per heavy atom. The van der Waals surface area contributed by atoms with Crippen LogP contribution in [0.3, 0.4) is 0 Å². The molecule has 0 aliphatic rings. The van der Waals surface area contributed by atoms with E-state index in [1.54, 1.807) is 0 Å². The van der Waals surface area contributed by atoms with Crippen molar-refractivity contribution < 1.29 is 0 Å². The van der Waals surface area contributed by atoms with E-state index in [4.69, 9.17) is 22.3 Å². The van der Waals surface area contributed by atoms with Gasteiger partial charge in [-0.1, -0.05) is 38.4 Å². The Labute approximate surface area is 126 Å². The van der Waals surface area contributed by atoms with E-state index < -0.39 is 0 Å². The van der Waals surface area contributed by atoms with Crippen molar-refractivity contribution in [3.05, 3.63) is 29.0 Å². The summed E-state index contributed by atoms with van der Waals surface area (Å²) in [6.45, 7) is 10.8. The van der Waals surface area contributed by atoms with E-state index in [1.807, 2.05) is 18.2 Å². The number of nitrogens with zero attached hydrogens (tertiary/aromatic N) is 2. The number of nitrogens with two attached hydrogens (primary N) is 1. The molecule has 1 heterocycles. The molecule has 1 aromatic carbocycles. The van der Waals surface area contributed by atoms with Crippen LogP contribution in [0.2, 0.25) is 5.02 Å². The third-order valence-corrected chi connectivity index (χ3v) is 4.07. The summed E-state index contributed by atoms with van der Waals surface area (Å²) in [5.41, 5.74) is 8.35. The molecular weight excluding hydrogens is 270 g/mol. The lowest BCUT2D eigenvalue weighted by molar-refractivity contribution is 0.311. The molecule has 4 heteroatoms. The van der Waals surface area contributed by atoms with Gasteiger partial charge < -0.3 is 10.3 Å². The Bertz CT molecular complexity index is 608. The second kappa shape index (κ2) is 5.38. The molecule has 0 bridgehead atoms. The number of hydrogen-bond donors (Lipinski definition) is 1. The van der Waals surface area contributed by atoms with Crippen molar-refractivity contribution in [2.45, 2.75) is 53.1 Å². The van der Waals surface area contributed by atoms with E-state index in [0.717, 1.165) is 28.3 Å². The van der Waals surface area contributed by atoms with Crippen LogP contribution in [0.1, 0.15) is 46.5 Å². The van der Waals surface area contributed by atoms with E-state index in [0.29, 0.717) is 6.04 Å². The van der Waals surface area contributed by atoms with Gasteiger partial charge in [-0.25, -0.2) is 4.98 Å². The molecule has 0 saturated heterocycles. The fourth-order valence-electron chi connectivity index (χ4n) is 2.36. The van der Waals surface area contributed by atoms with Crippen molar-refractivity contribution in [1.82, 2.24) is 9.55 Å². The van der Waals surface area contributed by atoms with Crippen molar-refractivity contribution in [2.24, 2.45) is 11.1 Å². The highest BCUT2D eigenvalue weighted by molar-refractivity contribution is 6.35. The van der Waals surface area contributed by atoms with Gasteiger partial charge >= 0.3 is 0 Å². The van der Waals surface area contributed by atoms with Crippen molar-refractivity contribution in [3.63, 3.8) is 0 Å². The van der Waals surface area contributed by atoms with Gasteiger partial charge in [0.1, 0.15) is 5.82 Å². The van der Waals surface area contributed by atoms with Crippen LogP contribution in [0.15, 0.2) is 18.2 Å². The van der Waals surface area contributed by atoms with E-state index in [1.165, 1.54) is 0 Å². The van der Waals surface area contributed by atoms with Gasteiger partial charge in [-0.05, 0) is 31.4 Å². The number of benzene rings is 1. The molecule has 2 N–H and O–H groups in total. The van der Waals surface area contributed by atoms with Crippen molar-refractivity contribution in [1.29, 1.82) is 0 Å². The van der Waals surface area contributed by atoms with Gasteiger partial charge in [-0.3, -0.25) is 0 Å². The van der Waals surface area contributed by atoms with Crippen LogP contribution in [-0.4, -0.2) is 15.6 Å². The van der Waals surface area contributed by atoms with Crippen molar-refractivity contribution in [3.8, 4) is 0 Å². The highest BCUT2D eigenvalue weighted by Gasteiger charge is 2.24. The molecule has 3 nitrogen and oxygen atoms in total. The highest BCUT2D eigenvalue weighted by Crippen LogP contribution is 2.29. The van der Waals surface area contributed by atoms with E-state index >= 15 is 0 Å². The maximum Gasteiger partial charge on any atom is 0.111 e. The van der Waals surface area contributed by atoms with E-state index in [2.05, 4.69) is 39.2 Å². The molecule has 0 aliphatic carbocycles. The summed E-state index contributed by atoms with van der Waals surface area (Å²) in [4.78, 5) is 4.75. The average molecular weight is 294 g/mol. The van der Waals surface area contributed by atoms with Crippen LogP contribution >= 0.6 is 11.6 Å². The van der Waals surface area contributed by atoms with Gasteiger partial charge in [-0.2, -0.15) is 0 Å². The average Bonchev–Trinajstić information content (AvgIpc) is 2.67. The lowest BCUT2D eigenvalue weighted by Crippen LogP contribution is -2.37. The number of hydrogen-bond acceptors (Lipinski definition) is 2. The predicted molar refractivity (Wildman–Crippen MR) is 86.3 cm³/mol. The third-order valence-electron chi connectivity index (χ3n) is 3.77. The minimum Gasteiger partial charge on any atom is -0.327 e. The molecule has 0 fully saturated rings. The molecule has 0 amide bonds. The zero-order valence-corrected chi connectivity index (χ0v) is 13.7. The maximum absolute atomic E-state index is 6.35. The number of fused-ring (bicyclic) bond motifs is 1. The summed E-state index contributed by atoms with van der Waals surface area (Å²) in [5, 5.41) is 0.749. The predicted octanol–water partition coefficient (Wildman–Crippen LogP) is 4.19. The quantitative estimate of drug-likeness (QED) is 0.922. The summed E-state index contributed by atoms with van der Waals surface area (Å²) in [6, 6.07) is 6.23. The van der Waals surface area contributed by atoms with Crippen LogP contribution in [0, 0.1) is 5.41 Å². The fourth-order valence-corrected chi connectivity index (χ4v) is 2.62. The highest BCUT2D eigenvalue weighted by atomic mass is 35.5. The minimum absolute atomic E-state index is 0.0593. The van der Waals surface area contributed by atoms with Crippen molar-refractivity contribution in [2.75, 3.05) is 0 Å². The summed E-state index contributed by atoms with van der Waals surface area (Å²) in [6.07, 6.45) is 0.757. The molecular formula is C16H24ClN3. The molecule has 20 heavy (non-hydrogen) atoms. The Balaban J connectivity index is 2.53. The Hall–Kier alpha value is -1.06. The normalized spacial score (nSPS) is 14.2. The molecule has 2 aromatic rings. The number of halogens is 1. The Morgan fingerprint density at radius 1 is 1.30 bits per heavy atom. The molecule has 110 valence electrons. The molecule has 1 atom stereocenters. The van der Waals surface area contributed by atoms with Gasteiger partial charge in [0.25, 0.3) is 0 Å². The molecule has 0 spiro atoms. The van der Waals surface area contributed by atoms with Crippen LogP contribution in [-0.2, 0) is 6.42 Å². The first-order chi connectivity index (χ1) is 9.21. The third kappa shape index (κ3) is 2.84. The topological polar surface area (TPSA) is 43.8 Å². The van der Waals surface area contributed by atoms with Gasteiger partial charge in [0, 0.05) is 18.5 Å². The smallest absolute Gasteiger partial charge is 0.111 e. The Kier molecular flexibility index (Phi) is 4.12. The molecule has 1 aromatic heterocycles. The second-order valence-corrected chi connectivity index (χ2v) is 7.18. The summed E-state index contributed by atoms with van der Waals surface area (Å²) in [7, 11) is 0. The lowest BCUT2D eigenvalue weighted by Gasteiger charge is -2.27. The standard InChI is InChI=1S/C16H24ClN3/c1-10(2)20-14(9-13(18)16(3,4)5)19-12-8-6-7-11(17)15(12)20/h6-8,10,13H,9,18H2,1-5H3. The summed E-state index contributed by atoms with van der Waals surface area (Å²) < 4.78 is 2.21. The zero-order chi connectivity index (χ0) is 15.1. The Morgan fingerprint density at radius 2 is 1.95 bits per heavy atom. The minimum atomic E-state index is 0.0593. The SMILES string of the molecule is CC(C)n1c(CC(N)C(C)(C)C)nc2cccc(Cl)c21. The molecule has 2 rings (SSSR count). The van der Waals surface area contributed by atoms with Gasteiger partial charge in [-0.15, -0.1) is 0 Å². The molecule has 0 saturated carbocycles. The molecule has 0 aliphatic heterocycles. The largest absolute Gasteiger partial charge is 0.327 e. The van der Waals surface area contributed by atoms with E-state index in [9.17, 15) is 0 Å². The fraction of sp³-hybridized carbons (Fsp3) is 0.562. The van der Waals surface area contributed by atoms with Gasteiger partial charge in [0.05, 0.1) is 16.1 Å². The zero-order valence-electron chi connectivity index (χ0n) is 12.9. The lowest BCUT2D eigenvalue weighted by atomic mass is 9.85. The first kappa shape index (κ1) is 15.3. The number of para-hydroxylation sites is 1. The molecule has 0 radical (unpaired) electrons. The van der Waals surface area contributed by atoms with Crippen LogP contribution < -0.4 is 5.73 Å². The monoisotopic (exact) mass is 293 g/mol. The van der Waals surface area contributed by atoms with Crippen LogP contribution in [0.4, 0.5) is 0 Å². The number of imidazole rings is 1. The molecule has 1 unspecified atom stereocenters. The first-order valence-corrected chi connectivity index (χ1v) is 7.50. The summed E-state index contributed by atoms with van der Waals surface area (Å²) >= 11 is 6.35. The maximum atomic E-state index is 6.35. The first-order valence-electron chi connectivity index (χ1n) is 7.12. The van der Waals surface area contributed by atoms with Gasteiger partial charge in [0.15, 0.2) is 0 Å². The van der Waals surface area contributed by atoms with Gasteiger partial charge in [0.2, 0.25) is 0 Å². The van der Waals surface area contributed by atoms with Crippen LogP contribution in [0.25, 0.3) is 11.0 Å². The summed E-state index contributed by atoms with van der Waals surface area (Å²) in [5.74, 6) is 1.02. The second-order valence-electron chi connectivity index (χ2n) is 6.78.